The molecule has 1 amide bonds. The Balaban J connectivity index is 1.61. The van der Waals surface area contributed by atoms with Gasteiger partial charge in [0.15, 0.2) is 5.13 Å². The summed E-state index contributed by atoms with van der Waals surface area (Å²) in [7, 11) is 1.57. The summed E-state index contributed by atoms with van der Waals surface area (Å²) in [5.74, 6) is 1.39. The molecule has 0 radical (unpaired) electrons. The Morgan fingerprint density at radius 2 is 2.19 bits per heavy atom. The number of ether oxygens (including phenoxy) is 1. The van der Waals surface area contributed by atoms with Gasteiger partial charge in [0.05, 0.1) is 29.3 Å². The number of benzene rings is 1. The first-order valence-electron chi connectivity index (χ1n) is 7.62. The number of thiazole rings is 1. The van der Waals surface area contributed by atoms with Crippen LogP contribution in [0.4, 0.5) is 5.13 Å². The first-order chi connectivity index (χ1) is 12.5. The number of nitrogens with zero attached hydrogens (tertiary/aromatic N) is 2. The van der Waals surface area contributed by atoms with Crippen LogP contribution in [0.15, 0.2) is 33.2 Å². The van der Waals surface area contributed by atoms with Crippen molar-refractivity contribution in [1.29, 1.82) is 0 Å². The first-order valence-corrected chi connectivity index (χ1v) is 9.86. The summed E-state index contributed by atoms with van der Waals surface area (Å²) in [5, 5.41) is 6.17. The van der Waals surface area contributed by atoms with Crippen molar-refractivity contribution in [3.63, 3.8) is 0 Å². The molecule has 0 fully saturated rings. The number of thioether (sulfide) groups is 1. The van der Waals surface area contributed by atoms with E-state index >= 15 is 0 Å². The van der Waals surface area contributed by atoms with E-state index in [1.807, 2.05) is 25.3 Å². The molecule has 0 aliphatic carbocycles. The van der Waals surface area contributed by atoms with Gasteiger partial charge in [0.2, 0.25) is 5.91 Å². The van der Waals surface area contributed by atoms with Crippen LogP contribution in [-0.2, 0) is 4.79 Å². The lowest BCUT2D eigenvalue weighted by molar-refractivity contribution is -0.113. The topological polar surface area (TPSA) is 77.2 Å². The van der Waals surface area contributed by atoms with Crippen molar-refractivity contribution in [1.82, 2.24) is 9.97 Å². The molecule has 0 aliphatic heterocycles. The Kier molecular flexibility index (Phi) is 5.85. The molecule has 0 bridgehead atoms. The number of oxazole rings is 1. The van der Waals surface area contributed by atoms with Crippen LogP contribution in [0, 0.1) is 13.8 Å². The number of hydrogen-bond donors (Lipinski definition) is 1. The monoisotopic (exact) mass is 409 g/mol. The number of carbonyl (C=O) groups excluding carboxylic acids is 1. The second-order valence-corrected chi connectivity index (χ2v) is 7.54. The predicted molar refractivity (Wildman–Crippen MR) is 104 cm³/mol. The van der Waals surface area contributed by atoms with Crippen LogP contribution < -0.4 is 10.1 Å². The third kappa shape index (κ3) is 4.38. The summed E-state index contributed by atoms with van der Waals surface area (Å²) < 4.78 is 10.6. The summed E-state index contributed by atoms with van der Waals surface area (Å²) in [5.41, 5.74) is 2.42. The van der Waals surface area contributed by atoms with Gasteiger partial charge in [-0.1, -0.05) is 23.4 Å². The standard InChI is InChI=1S/C17H16ClN3O3S2/c1-9-10(2)24-17(19-9)26-8-15(22)21-16-20-13(7-25-16)11-4-5-14(23-3)12(18)6-11/h4-7H,8H2,1-3H3,(H,20,21,22). The number of halogens is 1. The average molecular weight is 410 g/mol. The number of aryl methyl sites for hydroxylation is 2. The lowest BCUT2D eigenvalue weighted by Crippen LogP contribution is -2.13. The first kappa shape index (κ1) is 18.8. The van der Waals surface area contributed by atoms with Gasteiger partial charge in [0.25, 0.3) is 5.22 Å². The van der Waals surface area contributed by atoms with Gasteiger partial charge in [-0.2, -0.15) is 0 Å². The van der Waals surface area contributed by atoms with Crippen molar-refractivity contribution >= 4 is 45.7 Å². The number of hydrogen-bond acceptors (Lipinski definition) is 7. The molecule has 6 nitrogen and oxygen atoms in total. The zero-order valence-electron chi connectivity index (χ0n) is 14.3. The van der Waals surface area contributed by atoms with E-state index in [9.17, 15) is 4.79 Å². The minimum Gasteiger partial charge on any atom is -0.495 e. The van der Waals surface area contributed by atoms with Crippen molar-refractivity contribution in [2.24, 2.45) is 0 Å². The van der Waals surface area contributed by atoms with Crippen molar-refractivity contribution in [3.8, 4) is 17.0 Å². The Morgan fingerprint density at radius 3 is 2.85 bits per heavy atom. The van der Waals surface area contributed by atoms with Gasteiger partial charge in [0, 0.05) is 10.9 Å². The van der Waals surface area contributed by atoms with E-state index in [1.165, 1.54) is 23.1 Å². The van der Waals surface area contributed by atoms with Gasteiger partial charge in [-0.3, -0.25) is 4.79 Å². The second-order valence-electron chi connectivity index (χ2n) is 5.35. The molecule has 3 aromatic rings. The SMILES string of the molecule is COc1ccc(-c2csc(NC(=O)CSc3nc(C)c(C)o3)n2)cc1Cl. The summed E-state index contributed by atoms with van der Waals surface area (Å²) in [6, 6.07) is 5.44. The molecule has 1 aromatic carbocycles. The zero-order chi connectivity index (χ0) is 18.7. The lowest BCUT2D eigenvalue weighted by Gasteiger charge is -2.04. The van der Waals surface area contributed by atoms with Gasteiger partial charge >= 0.3 is 0 Å². The van der Waals surface area contributed by atoms with Crippen molar-refractivity contribution in [3.05, 3.63) is 40.1 Å². The van der Waals surface area contributed by atoms with Crippen LogP contribution in [0.25, 0.3) is 11.3 Å². The molecule has 0 saturated heterocycles. The van der Waals surface area contributed by atoms with E-state index in [0.717, 1.165) is 22.7 Å². The summed E-state index contributed by atoms with van der Waals surface area (Å²) in [6.45, 7) is 3.71. The summed E-state index contributed by atoms with van der Waals surface area (Å²) in [6.07, 6.45) is 0. The van der Waals surface area contributed by atoms with Crippen LogP contribution >= 0.6 is 34.7 Å². The van der Waals surface area contributed by atoms with Crippen LogP contribution in [0.1, 0.15) is 11.5 Å². The molecule has 0 saturated carbocycles. The van der Waals surface area contributed by atoms with Crippen LogP contribution in [-0.4, -0.2) is 28.7 Å². The maximum absolute atomic E-state index is 12.1. The number of methoxy groups -OCH3 is 1. The van der Waals surface area contributed by atoms with Crippen molar-refractivity contribution in [2.45, 2.75) is 19.1 Å². The van der Waals surface area contributed by atoms with Crippen molar-refractivity contribution < 1.29 is 13.9 Å². The number of nitrogens with one attached hydrogen (secondary N) is 1. The van der Waals surface area contributed by atoms with Crippen LogP contribution in [0.2, 0.25) is 5.02 Å². The third-order valence-corrected chi connectivity index (χ3v) is 5.41. The smallest absolute Gasteiger partial charge is 0.256 e. The van der Waals surface area contributed by atoms with E-state index in [0.29, 0.717) is 21.1 Å². The molecule has 26 heavy (non-hydrogen) atoms. The van der Waals surface area contributed by atoms with Gasteiger partial charge < -0.3 is 14.5 Å². The highest BCUT2D eigenvalue weighted by Crippen LogP contribution is 2.31. The van der Waals surface area contributed by atoms with Crippen LogP contribution in [0.3, 0.4) is 0 Å². The Hall–Kier alpha value is -2.03. The highest BCUT2D eigenvalue weighted by molar-refractivity contribution is 7.99. The predicted octanol–water partition coefficient (Wildman–Crippen LogP) is 4.81. The molecular weight excluding hydrogens is 394 g/mol. The largest absolute Gasteiger partial charge is 0.495 e. The molecule has 0 spiro atoms. The van der Waals surface area contributed by atoms with Gasteiger partial charge in [0.1, 0.15) is 11.5 Å². The zero-order valence-corrected chi connectivity index (χ0v) is 16.7. The lowest BCUT2D eigenvalue weighted by atomic mass is 10.2. The van der Waals surface area contributed by atoms with Crippen LogP contribution in [0.5, 0.6) is 5.75 Å². The number of carbonyl (C=O) groups is 1. The molecule has 9 heteroatoms. The molecule has 1 N–H and O–H groups in total. The van der Waals surface area contributed by atoms with Crippen molar-refractivity contribution in [2.75, 3.05) is 18.2 Å². The molecular formula is C17H16ClN3O3S2. The Bertz CT molecular complexity index is 920. The number of rotatable bonds is 6. The van der Waals surface area contributed by atoms with E-state index in [4.69, 9.17) is 20.8 Å². The Morgan fingerprint density at radius 1 is 1.38 bits per heavy atom. The van der Waals surface area contributed by atoms with Gasteiger partial charge in [-0.25, -0.2) is 9.97 Å². The fourth-order valence-corrected chi connectivity index (χ4v) is 3.78. The molecule has 0 unspecified atom stereocenters. The molecule has 3 rings (SSSR count). The van der Waals surface area contributed by atoms with E-state index < -0.39 is 0 Å². The minimum absolute atomic E-state index is 0.169. The molecule has 0 aliphatic rings. The van der Waals surface area contributed by atoms with E-state index in [-0.39, 0.29) is 11.7 Å². The van der Waals surface area contributed by atoms with Gasteiger partial charge in [-0.15, -0.1) is 11.3 Å². The molecule has 0 atom stereocenters. The summed E-state index contributed by atoms with van der Waals surface area (Å²) in [4.78, 5) is 20.8. The normalized spacial score (nSPS) is 10.8. The third-order valence-electron chi connectivity index (χ3n) is 3.53. The second kappa shape index (κ2) is 8.11. The van der Waals surface area contributed by atoms with E-state index in [2.05, 4.69) is 15.3 Å². The number of aromatic nitrogens is 2. The molecule has 136 valence electrons. The maximum atomic E-state index is 12.1. The maximum Gasteiger partial charge on any atom is 0.256 e. The highest BCUT2D eigenvalue weighted by Gasteiger charge is 2.12. The fraction of sp³-hybridized carbons (Fsp3) is 0.235. The highest BCUT2D eigenvalue weighted by atomic mass is 35.5. The molecule has 2 aromatic heterocycles. The van der Waals surface area contributed by atoms with E-state index in [1.54, 1.807) is 19.2 Å². The summed E-state index contributed by atoms with van der Waals surface area (Å²) >= 11 is 8.74. The number of anilines is 1. The number of amides is 1. The fourth-order valence-electron chi connectivity index (χ4n) is 2.08. The Labute approximate surface area is 163 Å². The average Bonchev–Trinajstić information content (AvgIpc) is 3.20. The van der Waals surface area contributed by atoms with Gasteiger partial charge in [-0.05, 0) is 32.0 Å². The quantitative estimate of drug-likeness (QED) is 0.589. The molecule has 2 heterocycles. The minimum atomic E-state index is -0.169.